The number of aryl methyl sites for hydroxylation is 3. The van der Waals surface area contributed by atoms with Gasteiger partial charge in [-0.3, -0.25) is 9.36 Å². The molecule has 0 aromatic carbocycles. The molecule has 0 aliphatic rings. The van der Waals surface area contributed by atoms with Crippen LogP contribution in [-0.4, -0.2) is 29.8 Å². The van der Waals surface area contributed by atoms with E-state index in [-0.39, 0.29) is 6.04 Å². The summed E-state index contributed by atoms with van der Waals surface area (Å²) in [7, 11) is 0. The fourth-order valence-corrected chi connectivity index (χ4v) is 2.79. The van der Waals surface area contributed by atoms with Crippen molar-refractivity contribution in [1.82, 2.24) is 29.8 Å². The van der Waals surface area contributed by atoms with Crippen LogP contribution in [0, 0.1) is 20.8 Å². The highest BCUT2D eigenvalue weighted by atomic mass is 35.5. The third-order valence-corrected chi connectivity index (χ3v) is 4.94. The van der Waals surface area contributed by atoms with Crippen molar-refractivity contribution < 1.29 is 4.42 Å². The van der Waals surface area contributed by atoms with E-state index < -0.39 is 0 Å². The molecule has 3 rings (SSSR count). The van der Waals surface area contributed by atoms with Gasteiger partial charge in [0.05, 0.1) is 33.3 Å². The summed E-state index contributed by atoms with van der Waals surface area (Å²) >= 11 is 12.2. The maximum atomic E-state index is 6.16. The highest BCUT2D eigenvalue weighted by Crippen LogP contribution is 2.23. The van der Waals surface area contributed by atoms with Crippen molar-refractivity contribution >= 4 is 23.2 Å². The van der Waals surface area contributed by atoms with Crippen LogP contribution in [0.25, 0.3) is 0 Å². The number of aromatic nitrogens is 6. The number of hydrogen-bond donors (Lipinski definition) is 0. The molecule has 0 bridgehead atoms. The monoisotopic (exact) mass is 368 g/mol. The van der Waals surface area contributed by atoms with Gasteiger partial charge in [0.2, 0.25) is 11.8 Å². The Kier molecular flexibility index (Phi) is 4.64. The van der Waals surface area contributed by atoms with Crippen LogP contribution >= 0.6 is 23.2 Å². The lowest BCUT2D eigenvalue weighted by atomic mass is 10.3. The molecule has 0 saturated heterocycles. The quantitative estimate of drug-likeness (QED) is 0.688. The van der Waals surface area contributed by atoms with Crippen LogP contribution in [0.15, 0.2) is 10.6 Å². The van der Waals surface area contributed by atoms with Gasteiger partial charge in [-0.1, -0.05) is 23.2 Å². The Hall–Kier alpha value is -1.86. The van der Waals surface area contributed by atoms with Gasteiger partial charge >= 0.3 is 0 Å². The van der Waals surface area contributed by atoms with Crippen molar-refractivity contribution in [2.45, 2.75) is 46.7 Å². The molecule has 0 aliphatic carbocycles. The van der Waals surface area contributed by atoms with Gasteiger partial charge in [0.25, 0.3) is 0 Å². The standard InChI is InChI=1S/C15H18Cl2N6O/c1-8-14(17)10(3)22(21-8)6-5-13-19-20-15(24-13)11(4)23-9(2)12(16)7-18-23/h7,11H,5-6H2,1-4H3/t11-/m0/s1. The van der Waals surface area contributed by atoms with E-state index in [0.29, 0.717) is 34.8 Å². The largest absolute Gasteiger partial charge is 0.423 e. The van der Waals surface area contributed by atoms with E-state index in [1.807, 2.05) is 32.4 Å². The van der Waals surface area contributed by atoms with Crippen LogP contribution in [0.5, 0.6) is 0 Å². The molecule has 0 amide bonds. The first-order chi connectivity index (χ1) is 11.4. The lowest BCUT2D eigenvalue weighted by molar-refractivity contribution is 0.377. The molecule has 24 heavy (non-hydrogen) atoms. The fraction of sp³-hybridized carbons (Fsp3) is 0.467. The Morgan fingerprint density at radius 1 is 1.17 bits per heavy atom. The first kappa shape index (κ1) is 17.0. The van der Waals surface area contributed by atoms with Crippen molar-refractivity contribution in [3.63, 3.8) is 0 Å². The Morgan fingerprint density at radius 2 is 1.92 bits per heavy atom. The Morgan fingerprint density at radius 3 is 2.50 bits per heavy atom. The predicted octanol–water partition coefficient (Wildman–Crippen LogP) is 3.55. The average molecular weight is 369 g/mol. The maximum absolute atomic E-state index is 6.16. The van der Waals surface area contributed by atoms with E-state index in [4.69, 9.17) is 27.6 Å². The van der Waals surface area contributed by atoms with Crippen LogP contribution in [0.2, 0.25) is 10.0 Å². The Bertz CT molecular complexity index is 866. The molecule has 3 aromatic rings. The Labute approximate surface area is 149 Å². The van der Waals surface area contributed by atoms with Gasteiger partial charge in [0.1, 0.15) is 6.04 Å². The number of hydrogen-bond acceptors (Lipinski definition) is 5. The molecule has 1 atom stereocenters. The second kappa shape index (κ2) is 6.57. The highest BCUT2D eigenvalue weighted by molar-refractivity contribution is 6.31. The van der Waals surface area contributed by atoms with Crippen LogP contribution in [-0.2, 0) is 13.0 Å². The van der Waals surface area contributed by atoms with Crippen molar-refractivity contribution in [2.24, 2.45) is 0 Å². The number of nitrogens with zero attached hydrogens (tertiary/aromatic N) is 6. The van der Waals surface area contributed by atoms with Crippen molar-refractivity contribution in [1.29, 1.82) is 0 Å². The van der Waals surface area contributed by atoms with Crippen LogP contribution in [0.1, 0.15) is 41.8 Å². The minimum atomic E-state index is -0.179. The average Bonchev–Trinajstić information content (AvgIpc) is 3.22. The van der Waals surface area contributed by atoms with Gasteiger partial charge in [-0.25, -0.2) is 0 Å². The molecule has 0 aliphatic heterocycles. The van der Waals surface area contributed by atoms with Gasteiger partial charge in [0.15, 0.2) is 0 Å². The van der Waals surface area contributed by atoms with Gasteiger partial charge in [-0.05, 0) is 27.7 Å². The van der Waals surface area contributed by atoms with Gasteiger partial charge in [0, 0.05) is 13.0 Å². The summed E-state index contributed by atoms with van der Waals surface area (Å²) in [5.41, 5.74) is 2.62. The number of rotatable bonds is 5. The van der Waals surface area contributed by atoms with Crippen molar-refractivity contribution in [3.05, 3.63) is 45.1 Å². The zero-order valence-electron chi connectivity index (χ0n) is 13.9. The van der Waals surface area contributed by atoms with Crippen LogP contribution < -0.4 is 0 Å². The summed E-state index contributed by atoms with van der Waals surface area (Å²) in [5, 5.41) is 18.2. The summed E-state index contributed by atoms with van der Waals surface area (Å²) in [4.78, 5) is 0. The van der Waals surface area contributed by atoms with E-state index in [2.05, 4.69) is 20.4 Å². The second-order valence-electron chi connectivity index (χ2n) is 5.69. The molecule has 9 heteroatoms. The zero-order valence-corrected chi connectivity index (χ0v) is 15.4. The van der Waals surface area contributed by atoms with E-state index >= 15 is 0 Å². The third-order valence-electron chi connectivity index (χ3n) is 4.02. The molecule has 128 valence electrons. The molecule has 0 saturated carbocycles. The summed E-state index contributed by atoms with van der Waals surface area (Å²) < 4.78 is 9.38. The van der Waals surface area contributed by atoms with E-state index in [0.717, 1.165) is 17.1 Å². The van der Waals surface area contributed by atoms with E-state index in [9.17, 15) is 0 Å². The van der Waals surface area contributed by atoms with E-state index in [1.165, 1.54) is 0 Å². The summed E-state index contributed by atoms with van der Waals surface area (Å²) in [6.45, 7) is 8.29. The smallest absolute Gasteiger partial charge is 0.240 e. The molecule has 3 aromatic heterocycles. The molecule has 7 nitrogen and oxygen atoms in total. The first-order valence-corrected chi connectivity index (χ1v) is 8.35. The lowest BCUT2D eigenvalue weighted by Gasteiger charge is -2.09. The van der Waals surface area contributed by atoms with Gasteiger partial charge in [-0.2, -0.15) is 10.2 Å². The minimum Gasteiger partial charge on any atom is -0.423 e. The second-order valence-corrected chi connectivity index (χ2v) is 6.48. The molecular formula is C15H18Cl2N6O. The Balaban J connectivity index is 1.71. The normalized spacial score (nSPS) is 12.8. The predicted molar refractivity (Wildman–Crippen MR) is 90.5 cm³/mol. The van der Waals surface area contributed by atoms with Crippen LogP contribution in [0.4, 0.5) is 0 Å². The van der Waals surface area contributed by atoms with Crippen LogP contribution in [0.3, 0.4) is 0 Å². The zero-order chi connectivity index (χ0) is 17.4. The molecule has 3 heterocycles. The first-order valence-electron chi connectivity index (χ1n) is 7.60. The van der Waals surface area contributed by atoms with Gasteiger partial charge in [-0.15, -0.1) is 10.2 Å². The molecule has 0 radical (unpaired) electrons. The minimum absolute atomic E-state index is 0.179. The SMILES string of the molecule is Cc1nn(CCc2nnc([C@H](C)n3ncc(Cl)c3C)o2)c(C)c1Cl. The molecule has 0 unspecified atom stereocenters. The summed E-state index contributed by atoms with van der Waals surface area (Å²) in [6, 6.07) is -0.179. The third kappa shape index (κ3) is 3.06. The fourth-order valence-electron chi connectivity index (χ4n) is 2.53. The summed E-state index contributed by atoms with van der Waals surface area (Å²) in [6.07, 6.45) is 2.19. The molecule has 0 spiro atoms. The maximum Gasteiger partial charge on any atom is 0.240 e. The van der Waals surface area contributed by atoms with Crippen molar-refractivity contribution in [2.75, 3.05) is 0 Å². The van der Waals surface area contributed by atoms with E-state index in [1.54, 1.807) is 10.9 Å². The summed E-state index contributed by atoms with van der Waals surface area (Å²) in [5.74, 6) is 1.05. The van der Waals surface area contributed by atoms with Crippen molar-refractivity contribution in [3.8, 4) is 0 Å². The number of halogens is 2. The molecule has 0 fully saturated rings. The molecule has 0 N–H and O–H groups in total. The topological polar surface area (TPSA) is 74.6 Å². The van der Waals surface area contributed by atoms with Gasteiger partial charge < -0.3 is 4.42 Å². The highest BCUT2D eigenvalue weighted by Gasteiger charge is 2.19. The lowest BCUT2D eigenvalue weighted by Crippen LogP contribution is -2.10. The molecular weight excluding hydrogens is 351 g/mol.